The summed E-state index contributed by atoms with van der Waals surface area (Å²) in [6.45, 7) is 6.80. The van der Waals surface area contributed by atoms with Crippen molar-refractivity contribution in [1.29, 1.82) is 0 Å². The van der Waals surface area contributed by atoms with Gasteiger partial charge in [-0.1, -0.05) is 18.2 Å². The van der Waals surface area contributed by atoms with Crippen molar-refractivity contribution in [3.05, 3.63) is 29.3 Å². The first-order valence-electron chi connectivity index (χ1n) is 7.92. The zero-order valence-electron chi connectivity index (χ0n) is 13.5. The van der Waals surface area contributed by atoms with Crippen LogP contribution < -0.4 is 10.1 Å². The number of aryl methyl sites for hydroxylation is 2. The number of ether oxygens (including phenoxy) is 1. The molecule has 0 aromatic heterocycles. The predicted octanol–water partition coefficient (Wildman–Crippen LogP) is 1.26. The number of carbonyl (C=O) groups excluding carboxylic acids is 1. The third kappa shape index (κ3) is 5.00. The molecule has 5 nitrogen and oxygen atoms in total. The van der Waals surface area contributed by atoms with Gasteiger partial charge in [0, 0.05) is 6.54 Å². The molecule has 1 aliphatic rings. The number of carbonyl (C=O) groups is 1. The van der Waals surface area contributed by atoms with Gasteiger partial charge < -0.3 is 15.2 Å². The zero-order valence-corrected chi connectivity index (χ0v) is 13.5. The summed E-state index contributed by atoms with van der Waals surface area (Å²) < 4.78 is 5.76. The first-order valence-corrected chi connectivity index (χ1v) is 7.92. The lowest BCUT2D eigenvalue weighted by atomic mass is 10.1. The van der Waals surface area contributed by atoms with Crippen molar-refractivity contribution in [2.45, 2.75) is 32.8 Å². The number of benzene rings is 1. The van der Waals surface area contributed by atoms with Crippen LogP contribution in [-0.2, 0) is 4.79 Å². The Bertz CT molecular complexity index is 484. The van der Waals surface area contributed by atoms with E-state index in [1.165, 1.54) is 0 Å². The Kier molecular flexibility index (Phi) is 6.21. The Morgan fingerprint density at radius 3 is 2.82 bits per heavy atom. The van der Waals surface area contributed by atoms with Gasteiger partial charge in [-0.3, -0.25) is 9.69 Å². The number of nitrogens with zero attached hydrogens (tertiary/aromatic N) is 1. The molecule has 1 amide bonds. The van der Waals surface area contributed by atoms with E-state index in [-0.39, 0.29) is 12.0 Å². The maximum absolute atomic E-state index is 11.9. The number of para-hydroxylation sites is 1. The molecule has 1 atom stereocenters. The maximum Gasteiger partial charge on any atom is 0.234 e. The molecule has 1 fully saturated rings. The fourth-order valence-electron chi connectivity index (χ4n) is 2.80. The smallest absolute Gasteiger partial charge is 0.234 e. The SMILES string of the molecule is Cc1cccc(C)c1OCCNC(=O)CN1CCCC(O)C1. The average Bonchev–Trinajstić information content (AvgIpc) is 2.46. The van der Waals surface area contributed by atoms with Gasteiger partial charge in [-0.15, -0.1) is 0 Å². The van der Waals surface area contributed by atoms with Gasteiger partial charge in [0.2, 0.25) is 5.91 Å². The molecule has 2 rings (SSSR count). The topological polar surface area (TPSA) is 61.8 Å². The van der Waals surface area contributed by atoms with E-state index in [0.29, 0.717) is 26.2 Å². The highest BCUT2D eigenvalue weighted by atomic mass is 16.5. The first-order chi connectivity index (χ1) is 10.6. The molecule has 22 heavy (non-hydrogen) atoms. The van der Waals surface area contributed by atoms with Crippen LogP contribution in [0.4, 0.5) is 0 Å². The number of aliphatic hydroxyl groups is 1. The molecule has 1 aliphatic heterocycles. The monoisotopic (exact) mass is 306 g/mol. The van der Waals surface area contributed by atoms with Gasteiger partial charge in [0.15, 0.2) is 0 Å². The van der Waals surface area contributed by atoms with Crippen LogP contribution in [-0.4, -0.2) is 54.8 Å². The first kappa shape index (κ1) is 16.8. The highest BCUT2D eigenvalue weighted by Crippen LogP contribution is 2.21. The van der Waals surface area contributed by atoms with Crippen molar-refractivity contribution in [2.75, 3.05) is 32.8 Å². The maximum atomic E-state index is 11.9. The molecule has 1 aromatic rings. The minimum Gasteiger partial charge on any atom is -0.491 e. The predicted molar refractivity (Wildman–Crippen MR) is 86.1 cm³/mol. The van der Waals surface area contributed by atoms with Crippen molar-refractivity contribution in [3.8, 4) is 5.75 Å². The number of nitrogens with one attached hydrogen (secondary N) is 1. The number of likely N-dealkylation sites (tertiary alicyclic amines) is 1. The van der Waals surface area contributed by atoms with Crippen LogP contribution in [0.15, 0.2) is 18.2 Å². The van der Waals surface area contributed by atoms with Gasteiger partial charge >= 0.3 is 0 Å². The molecule has 0 spiro atoms. The molecular weight excluding hydrogens is 280 g/mol. The van der Waals surface area contributed by atoms with Crippen LogP contribution in [0.25, 0.3) is 0 Å². The van der Waals surface area contributed by atoms with Crippen molar-refractivity contribution in [1.82, 2.24) is 10.2 Å². The third-order valence-corrected chi connectivity index (χ3v) is 3.93. The van der Waals surface area contributed by atoms with Crippen LogP contribution >= 0.6 is 0 Å². The van der Waals surface area contributed by atoms with Gasteiger partial charge in [-0.05, 0) is 44.4 Å². The quantitative estimate of drug-likeness (QED) is 0.777. The van der Waals surface area contributed by atoms with E-state index < -0.39 is 0 Å². The van der Waals surface area contributed by atoms with Crippen molar-refractivity contribution in [3.63, 3.8) is 0 Å². The Labute approximate surface area is 132 Å². The fraction of sp³-hybridized carbons (Fsp3) is 0.588. The molecule has 1 heterocycles. The van der Waals surface area contributed by atoms with E-state index in [1.807, 2.05) is 36.9 Å². The number of hydrogen-bond donors (Lipinski definition) is 2. The van der Waals surface area contributed by atoms with Crippen LogP contribution in [0.3, 0.4) is 0 Å². The summed E-state index contributed by atoms with van der Waals surface area (Å²) in [6.07, 6.45) is 1.49. The van der Waals surface area contributed by atoms with Gasteiger partial charge in [0.25, 0.3) is 0 Å². The minimum atomic E-state index is -0.297. The molecule has 1 saturated heterocycles. The molecule has 0 saturated carbocycles. The largest absolute Gasteiger partial charge is 0.491 e. The van der Waals surface area contributed by atoms with Crippen LogP contribution in [0.5, 0.6) is 5.75 Å². The molecule has 0 aliphatic carbocycles. The molecule has 5 heteroatoms. The molecule has 2 N–H and O–H groups in total. The minimum absolute atomic E-state index is 0.0146. The standard InChI is InChI=1S/C17H26N2O3/c1-13-5-3-6-14(2)17(13)22-10-8-18-16(21)12-19-9-4-7-15(20)11-19/h3,5-6,15,20H,4,7-12H2,1-2H3,(H,18,21). The lowest BCUT2D eigenvalue weighted by Gasteiger charge is -2.29. The Hall–Kier alpha value is -1.59. The lowest BCUT2D eigenvalue weighted by Crippen LogP contribution is -2.44. The number of piperidine rings is 1. The van der Waals surface area contributed by atoms with Gasteiger partial charge in [0.1, 0.15) is 12.4 Å². The van der Waals surface area contributed by atoms with Crippen LogP contribution in [0.2, 0.25) is 0 Å². The third-order valence-electron chi connectivity index (χ3n) is 3.93. The Morgan fingerprint density at radius 1 is 1.41 bits per heavy atom. The Morgan fingerprint density at radius 2 is 2.14 bits per heavy atom. The van der Waals surface area contributed by atoms with Crippen molar-refractivity contribution < 1.29 is 14.6 Å². The summed E-state index contributed by atoms with van der Waals surface area (Å²) in [5, 5.41) is 12.5. The van der Waals surface area contributed by atoms with Crippen LogP contribution in [0.1, 0.15) is 24.0 Å². The van der Waals surface area contributed by atoms with Gasteiger partial charge in [-0.2, -0.15) is 0 Å². The molecular formula is C17H26N2O3. The number of hydrogen-bond acceptors (Lipinski definition) is 4. The van der Waals surface area contributed by atoms with E-state index in [4.69, 9.17) is 4.74 Å². The van der Waals surface area contributed by atoms with Crippen molar-refractivity contribution >= 4 is 5.91 Å². The second-order valence-electron chi connectivity index (χ2n) is 5.95. The van der Waals surface area contributed by atoms with Gasteiger partial charge in [-0.25, -0.2) is 0 Å². The number of aliphatic hydroxyl groups excluding tert-OH is 1. The highest BCUT2D eigenvalue weighted by molar-refractivity contribution is 5.78. The number of amides is 1. The van der Waals surface area contributed by atoms with Crippen molar-refractivity contribution in [2.24, 2.45) is 0 Å². The molecule has 122 valence electrons. The molecule has 1 aromatic carbocycles. The summed E-state index contributed by atoms with van der Waals surface area (Å²) in [7, 11) is 0. The Balaban J connectivity index is 1.67. The summed E-state index contributed by atoms with van der Waals surface area (Å²) >= 11 is 0. The normalized spacial score (nSPS) is 19.0. The number of β-amino-alcohol motifs (C(OH)–C–C–N with tert-alkyl or cyclic N) is 1. The average molecular weight is 306 g/mol. The van der Waals surface area contributed by atoms with Gasteiger partial charge in [0.05, 0.1) is 19.2 Å². The summed E-state index contributed by atoms with van der Waals surface area (Å²) in [5.74, 6) is 0.884. The summed E-state index contributed by atoms with van der Waals surface area (Å²) in [6, 6.07) is 6.04. The fourth-order valence-corrected chi connectivity index (χ4v) is 2.80. The highest BCUT2D eigenvalue weighted by Gasteiger charge is 2.19. The van der Waals surface area contributed by atoms with E-state index in [1.54, 1.807) is 0 Å². The number of rotatable bonds is 6. The zero-order chi connectivity index (χ0) is 15.9. The van der Waals surface area contributed by atoms with Crippen LogP contribution in [0, 0.1) is 13.8 Å². The summed E-state index contributed by atoms with van der Waals surface area (Å²) in [5.41, 5.74) is 2.21. The second-order valence-corrected chi connectivity index (χ2v) is 5.95. The molecule has 1 unspecified atom stereocenters. The van der Waals surface area contributed by atoms with E-state index in [9.17, 15) is 9.90 Å². The van der Waals surface area contributed by atoms with E-state index in [0.717, 1.165) is 36.3 Å². The summed E-state index contributed by atoms with van der Waals surface area (Å²) in [4.78, 5) is 13.9. The second kappa shape index (κ2) is 8.15. The van der Waals surface area contributed by atoms with E-state index in [2.05, 4.69) is 5.32 Å². The van der Waals surface area contributed by atoms with E-state index >= 15 is 0 Å². The lowest BCUT2D eigenvalue weighted by molar-refractivity contribution is -0.123. The molecule has 0 bridgehead atoms. The molecule has 0 radical (unpaired) electrons.